The number of benzene rings is 7. The van der Waals surface area contributed by atoms with E-state index in [-0.39, 0.29) is 0 Å². The van der Waals surface area contributed by atoms with Crippen molar-refractivity contribution in [2.75, 3.05) is 0 Å². The highest BCUT2D eigenvalue weighted by Gasteiger charge is 2.15. The van der Waals surface area contributed by atoms with Crippen molar-refractivity contribution in [2.45, 2.75) is 13.8 Å². The van der Waals surface area contributed by atoms with Gasteiger partial charge in [0.05, 0.1) is 11.4 Å². The standard InChI is InChI=1S/C52H38N2O/c1-35-15-9-10-20-39(35)27-36(2)40-22-13-23-41(28-40)45-30-46(42-24-14-25-43(29-42)51-33-44-21-11-12-26-50(44)55-51)32-47(31-45)52-53-48(37-16-5-3-6-17-37)34-49(54-52)38-18-7-4-8-19-38/h3-34H,1-2H3/b36-27+. The lowest BCUT2D eigenvalue weighted by molar-refractivity contribution is 0.631. The first-order chi connectivity index (χ1) is 27.0. The van der Waals surface area contributed by atoms with E-state index in [0.717, 1.165) is 72.6 Å². The molecule has 9 rings (SSSR count). The maximum atomic E-state index is 6.30. The summed E-state index contributed by atoms with van der Waals surface area (Å²) in [5, 5.41) is 1.09. The third kappa shape index (κ3) is 7.16. The van der Waals surface area contributed by atoms with Gasteiger partial charge < -0.3 is 4.42 Å². The van der Waals surface area contributed by atoms with Gasteiger partial charge in [-0.15, -0.1) is 0 Å². The molecule has 0 aliphatic carbocycles. The molecule has 0 aliphatic heterocycles. The van der Waals surface area contributed by atoms with Gasteiger partial charge in [0.15, 0.2) is 5.82 Å². The van der Waals surface area contributed by atoms with Gasteiger partial charge in [-0.3, -0.25) is 0 Å². The van der Waals surface area contributed by atoms with Crippen LogP contribution in [0.3, 0.4) is 0 Å². The summed E-state index contributed by atoms with van der Waals surface area (Å²) in [5.74, 6) is 1.51. The number of rotatable bonds is 8. The highest BCUT2D eigenvalue weighted by atomic mass is 16.3. The summed E-state index contributed by atoms with van der Waals surface area (Å²) in [5.41, 5.74) is 15.9. The molecule has 0 amide bonds. The Morgan fingerprint density at radius 3 is 1.69 bits per heavy atom. The lowest BCUT2D eigenvalue weighted by Crippen LogP contribution is -1.97. The van der Waals surface area contributed by atoms with Crippen molar-refractivity contribution in [1.29, 1.82) is 0 Å². The van der Waals surface area contributed by atoms with Crippen LogP contribution in [0.5, 0.6) is 0 Å². The SMILES string of the molecule is C/C(=C\c1ccccc1C)c1cccc(-c2cc(-c3cccc(-c4cc5ccccc5o4)c3)cc(-c3nc(-c4ccccc4)cc(-c4ccccc4)n3)c2)c1. The number of furan rings is 1. The molecule has 3 nitrogen and oxygen atoms in total. The predicted molar refractivity (Wildman–Crippen MR) is 229 cm³/mol. The second kappa shape index (κ2) is 14.7. The van der Waals surface area contributed by atoms with Crippen LogP contribution in [0.1, 0.15) is 23.6 Å². The molecule has 55 heavy (non-hydrogen) atoms. The number of para-hydroxylation sites is 1. The van der Waals surface area contributed by atoms with E-state index in [1.54, 1.807) is 0 Å². The van der Waals surface area contributed by atoms with Crippen molar-refractivity contribution in [2.24, 2.45) is 0 Å². The van der Waals surface area contributed by atoms with Gasteiger partial charge in [0.1, 0.15) is 11.3 Å². The fraction of sp³-hybridized carbons (Fsp3) is 0.0385. The molecule has 3 heteroatoms. The Morgan fingerprint density at radius 2 is 1.00 bits per heavy atom. The van der Waals surface area contributed by atoms with Crippen molar-refractivity contribution < 1.29 is 4.42 Å². The minimum absolute atomic E-state index is 0.670. The zero-order valence-electron chi connectivity index (χ0n) is 30.8. The molecule has 0 saturated heterocycles. The molecule has 0 fully saturated rings. The largest absolute Gasteiger partial charge is 0.456 e. The van der Waals surface area contributed by atoms with E-state index < -0.39 is 0 Å². The van der Waals surface area contributed by atoms with Crippen LogP contribution in [0.15, 0.2) is 192 Å². The number of aryl methyl sites for hydroxylation is 1. The quantitative estimate of drug-likeness (QED) is 0.148. The van der Waals surface area contributed by atoms with E-state index in [2.05, 4.69) is 178 Å². The summed E-state index contributed by atoms with van der Waals surface area (Å²) in [4.78, 5) is 10.4. The van der Waals surface area contributed by atoms with Gasteiger partial charge in [-0.2, -0.15) is 0 Å². The van der Waals surface area contributed by atoms with Crippen LogP contribution < -0.4 is 0 Å². The Morgan fingerprint density at radius 1 is 0.455 bits per heavy atom. The number of hydrogen-bond donors (Lipinski definition) is 0. The molecular weight excluding hydrogens is 669 g/mol. The number of nitrogens with zero attached hydrogens (tertiary/aromatic N) is 2. The lowest BCUT2D eigenvalue weighted by Gasteiger charge is -2.14. The van der Waals surface area contributed by atoms with E-state index >= 15 is 0 Å². The average Bonchev–Trinajstić information content (AvgIpc) is 3.70. The van der Waals surface area contributed by atoms with Crippen LogP contribution in [-0.4, -0.2) is 9.97 Å². The zero-order valence-corrected chi connectivity index (χ0v) is 30.8. The molecule has 262 valence electrons. The Balaban J connectivity index is 1.22. The van der Waals surface area contributed by atoms with E-state index in [1.807, 2.05) is 30.3 Å². The van der Waals surface area contributed by atoms with Crippen LogP contribution in [-0.2, 0) is 0 Å². The summed E-state index contributed by atoms with van der Waals surface area (Å²) < 4.78 is 6.30. The van der Waals surface area contributed by atoms with Gasteiger partial charge in [-0.25, -0.2) is 9.97 Å². The minimum atomic E-state index is 0.670. The van der Waals surface area contributed by atoms with Crippen molar-refractivity contribution in [3.63, 3.8) is 0 Å². The van der Waals surface area contributed by atoms with Crippen molar-refractivity contribution in [1.82, 2.24) is 9.97 Å². The fourth-order valence-corrected chi connectivity index (χ4v) is 7.17. The molecule has 9 aromatic rings. The monoisotopic (exact) mass is 706 g/mol. The molecule has 7 aromatic carbocycles. The molecule has 2 heterocycles. The second-order valence-electron chi connectivity index (χ2n) is 14.0. The summed E-state index contributed by atoms with van der Waals surface area (Å²) in [6.07, 6.45) is 2.27. The first-order valence-electron chi connectivity index (χ1n) is 18.6. The maximum absolute atomic E-state index is 6.30. The Hall–Kier alpha value is -7.10. The molecule has 0 spiro atoms. The average molecular weight is 707 g/mol. The van der Waals surface area contributed by atoms with Gasteiger partial charge in [-0.1, -0.05) is 146 Å². The Labute approximate surface area is 322 Å². The van der Waals surface area contributed by atoms with Gasteiger partial charge in [0.2, 0.25) is 0 Å². The van der Waals surface area contributed by atoms with Crippen molar-refractivity contribution in [3.05, 3.63) is 205 Å². The Kier molecular flexibility index (Phi) is 9.03. The molecule has 0 N–H and O–H groups in total. The second-order valence-corrected chi connectivity index (χ2v) is 14.0. The predicted octanol–water partition coefficient (Wildman–Crippen LogP) is 14.1. The maximum Gasteiger partial charge on any atom is 0.160 e. The smallest absolute Gasteiger partial charge is 0.160 e. The van der Waals surface area contributed by atoms with E-state index in [9.17, 15) is 0 Å². The van der Waals surface area contributed by atoms with Crippen molar-refractivity contribution >= 4 is 22.6 Å². The van der Waals surface area contributed by atoms with Crippen LogP contribution in [0.25, 0.3) is 90.1 Å². The highest BCUT2D eigenvalue weighted by molar-refractivity contribution is 5.87. The van der Waals surface area contributed by atoms with Crippen LogP contribution in [0, 0.1) is 6.92 Å². The number of aromatic nitrogens is 2. The summed E-state index contributed by atoms with van der Waals surface area (Å²) in [6, 6.07) is 65.6. The zero-order chi connectivity index (χ0) is 37.1. The highest BCUT2D eigenvalue weighted by Crippen LogP contribution is 2.37. The van der Waals surface area contributed by atoms with Crippen LogP contribution in [0.4, 0.5) is 0 Å². The number of allylic oxidation sites excluding steroid dienone is 1. The van der Waals surface area contributed by atoms with Gasteiger partial charge in [0, 0.05) is 27.6 Å². The molecular formula is C52H38N2O. The number of fused-ring (bicyclic) bond motifs is 1. The molecule has 0 saturated carbocycles. The normalized spacial score (nSPS) is 11.6. The first kappa shape index (κ1) is 33.7. The molecule has 2 aromatic heterocycles. The van der Waals surface area contributed by atoms with E-state index in [4.69, 9.17) is 14.4 Å². The van der Waals surface area contributed by atoms with Crippen LogP contribution >= 0.6 is 0 Å². The molecule has 0 atom stereocenters. The fourth-order valence-electron chi connectivity index (χ4n) is 7.17. The minimum Gasteiger partial charge on any atom is -0.456 e. The summed E-state index contributed by atoms with van der Waals surface area (Å²) in [7, 11) is 0. The Bertz CT molecular complexity index is 2740. The van der Waals surface area contributed by atoms with Gasteiger partial charge >= 0.3 is 0 Å². The third-order valence-electron chi connectivity index (χ3n) is 10.2. The molecule has 0 radical (unpaired) electrons. The van der Waals surface area contributed by atoms with E-state index in [1.165, 1.54) is 22.3 Å². The van der Waals surface area contributed by atoms with Crippen LogP contribution in [0.2, 0.25) is 0 Å². The molecule has 0 unspecified atom stereocenters. The number of hydrogen-bond acceptors (Lipinski definition) is 3. The van der Waals surface area contributed by atoms with Crippen molar-refractivity contribution in [3.8, 4) is 67.5 Å². The molecule has 0 bridgehead atoms. The third-order valence-corrected chi connectivity index (χ3v) is 10.2. The van der Waals surface area contributed by atoms with E-state index in [0.29, 0.717) is 5.82 Å². The van der Waals surface area contributed by atoms with Gasteiger partial charge in [0.25, 0.3) is 0 Å². The summed E-state index contributed by atoms with van der Waals surface area (Å²) in [6.45, 7) is 4.34. The lowest BCUT2D eigenvalue weighted by atomic mass is 9.93. The van der Waals surface area contributed by atoms with Gasteiger partial charge in [-0.05, 0) is 107 Å². The topological polar surface area (TPSA) is 38.9 Å². The summed E-state index contributed by atoms with van der Waals surface area (Å²) >= 11 is 0. The first-order valence-corrected chi connectivity index (χ1v) is 18.6. The molecule has 0 aliphatic rings.